The van der Waals surface area contributed by atoms with Gasteiger partial charge in [-0.1, -0.05) is 18.2 Å². The Balaban J connectivity index is 1.60. The molecular formula is C23H28N2O4. The number of hydrogen-bond acceptors (Lipinski definition) is 4. The Kier molecular flexibility index (Phi) is 6.54. The lowest BCUT2D eigenvalue weighted by molar-refractivity contribution is -0.116. The van der Waals surface area contributed by atoms with Gasteiger partial charge in [0.15, 0.2) is 0 Å². The van der Waals surface area contributed by atoms with Crippen molar-refractivity contribution in [2.45, 2.75) is 32.2 Å². The zero-order valence-corrected chi connectivity index (χ0v) is 17.2. The maximum Gasteiger partial charge on any atom is 0.254 e. The Labute approximate surface area is 171 Å². The molecule has 3 rings (SSSR count). The molecular weight excluding hydrogens is 368 g/mol. The number of carbonyl (C=O) groups excluding carboxylic acids is 2. The minimum atomic E-state index is -0.354. The second-order valence-electron chi connectivity index (χ2n) is 7.80. The lowest BCUT2D eigenvalue weighted by Gasteiger charge is -2.42. The van der Waals surface area contributed by atoms with Crippen molar-refractivity contribution in [2.75, 3.05) is 32.2 Å². The third-order valence-corrected chi connectivity index (χ3v) is 5.08. The lowest BCUT2D eigenvalue weighted by atomic mass is 10.0. The molecule has 2 aromatic carbocycles. The van der Waals surface area contributed by atoms with Crippen LogP contribution in [0.5, 0.6) is 5.75 Å². The molecule has 154 valence electrons. The first-order chi connectivity index (χ1) is 13.9. The predicted molar refractivity (Wildman–Crippen MR) is 112 cm³/mol. The van der Waals surface area contributed by atoms with E-state index in [-0.39, 0.29) is 17.4 Å². The summed E-state index contributed by atoms with van der Waals surface area (Å²) < 4.78 is 10.6. The van der Waals surface area contributed by atoms with Gasteiger partial charge in [-0.25, -0.2) is 0 Å². The van der Waals surface area contributed by atoms with Gasteiger partial charge in [0.2, 0.25) is 5.91 Å². The maximum absolute atomic E-state index is 13.0. The van der Waals surface area contributed by atoms with Crippen LogP contribution in [0.15, 0.2) is 48.5 Å². The van der Waals surface area contributed by atoms with Crippen molar-refractivity contribution in [3.63, 3.8) is 0 Å². The molecule has 1 aliphatic rings. The fourth-order valence-electron chi connectivity index (χ4n) is 3.39. The molecule has 0 atom stereocenters. The molecule has 2 aromatic rings. The number of ether oxygens (including phenoxy) is 2. The molecule has 1 heterocycles. The van der Waals surface area contributed by atoms with Crippen molar-refractivity contribution in [3.05, 3.63) is 59.7 Å². The molecule has 1 aliphatic heterocycles. The molecule has 2 amide bonds. The highest BCUT2D eigenvalue weighted by molar-refractivity contribution is 5.97. The molecule has 1 fully saturated rings. The second-order valence-corrected chi connectivity index (χ2v) is 7.80. The SMILES string of the molecule is COc1ccc(CCC(=O)Nc2cccc(C(=O)N3CCOCC3(C)C)c2)cc1. The number of benzene rings is 2. The number of amides is 2. The summed E-state index contributed by atoms with van der Waals surface area (Å²) in [5, 5.41) is 2.89. The zero-order valence-electron chi connectivity index (χ0n) is 17.2. The van der Waals surface area contributed by atoms with Crippen LogP contribution >= 0.6 is 0 Å². The molecule has 1 saturated heterocycles. The zero-order chi connectivity index (χ0) is 20.9. The van der Waals surface area contributed by atoms with Crippen molar-refractivity contribution < 1.29 is 19.1 Å². The highest BCUT2D eigenvalue weighted by Crippen LogP contribution is 2.23. The van der Waals surface area contributed by atoms with Crippen LogP contribution < -0.4 is 10.1 Å². The van der Waals surface area contributed by atoms with E-state index < -0.39 is 0 Å². The van der Waals surface area contributed by atoms with Gasteiger partial charge in [-0.3, -0.25) is 9.59 Å². The smallest absolute Gasteiger partial charge is 0.254 e. The topological polar surface area (TPSA) is 67.9 Å². The molecule has 0 aliphatic carbocycles. The molecule has 6 nitrogen and oxygen atoms in total. The molecule has 0 unspecified atom stereocenters. The van der Waals surface area contributed by atoms with Crippen molar-refractivity contribution >= 4 is 17.5 Å². The molecule has 0 radical (unpaired) electrons. The van der Waals surface area contributed by atoms with Crippen LogP contribution in [-0.2, 0) is 16.0 Å². The normalized spacial score (nSPS) is 15.6. The molecule has 29 heavy (non-hydrogen) atoms. The largest absolute Gasteiger partial charge is 0.497 e. The fourth-order valence-corrected chi connectivity index (χ4v) is 3.39. The first-order valence-corrected chi connectivity index (χ1v) is 9.81. The van der Waals surface area contributed by atoms with Crippen LogP contribution in [-0.4, -0.2) is 49.1 Å². The summed E-state index contributed by atoms with van der Waals surface area (Å²) in [6, 6.07) is 14.8. The van der Waals surface area contributed by atoms with Gasteiger partial charge < -0.3 is 19.7 Å². The van der Waals surface area contributed by atoms with Gasteiger partial charge in [-0.2, -0.15) is 0 Å². The van der Waals surface area contributed by atoms with Crippen LogP contribution in [0.1, 0.15) is 36.2 Å². The highest BCUT2D eigenvalue weighted by Gasteiger charge is 2.34. The molecule has 0 aromatic heterocycles. The fraction of sp³-hybridized carbons (Fsp3) is 0.391. The first kappa shape index (κ1) is 20.9. The average molecular weight is 396 g/mol. The third kappa shape index (κ3) is 5.35. The number of nitrogens with one attached hydrogen (secondary N) is 1. The molecule has 0 bridgehead atoms. The molecule has 0 saturated carbocycles. The van der Waals surface area contributed by atoms with Crippen molar-refractivity contribution in [2.24, 2.45) is 0 Å². The van der Waals surface area contributed by atoms with Crippen LogP contribution in [0.4, 0.5) is 5.69 Å². The Bertz CT molecular complexity index is 861. The van der Waals surface area contributed by atoms with Crippen LogP contribution in [0.25, 0.3) is 0 Å². The van der Waals surface area contributed by atoms with E-state index in [0.717, 1.165) is 11.3 Å². The lowest BCUT2D eigenvalue weighted by Crippen LogP contribution is -2.55. The summed E-state index contributed by atoms with van der Waals surface area (Å²) in [6.07, 6.45) is 0.997. The third-order valence-electron chi connectivity index (χ3n) is 5.08. The minimum Gasteiger partial charge on any atom is -0.497 e. The summed E-state index contributed by atoms with van der Waals surface area (Å²) in [5.74, 6) is 0.660. The number of methoxy groups -OCH3 is 1. The predicted octanol–water partition coefficient (Wildman–Crippen LogP) is 3.52. The van der Waals surface area contributed by atoms with E-state index in [4.69, 9.17) is 9.47 Å². The van der Waals surface area contributed by atoms with E-state index in [9.17, 15) is 9.59 Å². The van der Waals surface area contributed by atoms with Gasteiger partial charge in [0.25, 0.3) is 5.91 Å². The van der Waals surface area contributed by atoms with Gasteiger partial charge in [0, 0.05) is 24.2 Å². The Morgan fingerprint density at radius 1 is 1.17 bits per heavy atom. The monoisotopic (exact) mass is 396 g/mol. The average Bonchev–Trinajstić information content (AvgIpc) is 2.72. The second kappa shape index (κ2) is 9.09. The van der Waals surface area contributed by atoms with E-state index in [1.165, 1.54) is 0 Å². The van der Waals surface area contributed by atoms with E-state index in [2.05, 4.69) is 5.32 Å². The van der Waals surface area contributed by atoms with Gasteiger partial charge in [0.05, 0.1) is 25.9 Å². The molecule has 0 spiro atoms. The summed E-state index contributed by atoms with van der Waals surface area (Å²) in [5.41, 5.74) is 1.90. The quantitative estimate of drug-likeness (QED) is 0.811. The number of carbonyl (C=O) groups is 2. The van der Waals surface area contributed by atoms with Gasteiger partial charge in [0.1, 0.15) is 5.75 Å². The van der Waals surface area contributed by atoms with Crippen LogP contribution in [0.2, 0.25) is 0 Å². The van der Waals surface area contributed by atoms with Crippen LogP contribution in [0.3, 0.4) is 0 Å². The Hall–Kier alpha value is -2.86. The minimum absolute atomic E-state index is 0.0485. The van der Waals surface area contributed by atoms with Gasteiger partial charge >= 0.3 is 0 Å². The number of rotatable bonds is 6. The van der Waals surface area contributed by atoms with E-state index in [1.807, 2.05) is 43.0 Å². The summed E-state index contributed by atoms with van der Waals surface area (Å²) >= 11 is 0. The van der Waals surface area contributed by atoms with Crippen LogP contribution in [0, 0.1) is 0 Å². The molecule has 1 N–H and O–H groups in total. The number of hydrogen-bond donors (Lipinski definition) is 1. The summed E-state index contributed by atoms with van der Waals surface area (Å²) in [6.45, 7) is 5.60. The maximum atomic E-state index is 13.0. The standard InChI is InChI=1S/C23H28N2O4/c1-23(2)16-29-14-13-25(23)22(27)18-5-4-6-19(15-18)24-21(26)12-9-17-7-10-20(28-3)11-8-17/h4-8,10-11,15H,9,12-14,16H2,1-3H3,(H,24,26). The van der Waals surface area contributed by atoms with E-state index in [0.29, 0.717) is 43.9 Å². The number of anilines is 1. The molecule has 6 heteroatoms. The van der Waals surface area contributed by atoms with Gasteiger partial charge in [-0.05, 0) is 56.2 Å². The van der Waals surface area contributed by atoms with Gasteiger partial charge in [-0.15, -0.1) is 0 Å². The number of morpholine rings is 1. The van der Waals surface area contributed by atoms with Crippen molar-refractivity contribution in [3.8, 4) is 5.75 Å². The number of nitrogens with zero attached hydrogens (tertiary/aromatic N) is 1. The Morgan fingerprint density at radius 2 is 1.93 bits per heavy atom. The Morgan fingerprint density at radius 3 is 2.62 bits per heavy atom. The number of aryl methyl sites for hydroxylation is 1. The van der Waals surface area contributed by atoms with E-state index >= 15 is 0 Å². The van der Waals surface area contributed by atoms with E-state index in [1.54, 1.807) is 31.4 Å². The first-order valence-electron chi connectivity index (χ1n) is 9.81. The van der Waals surface area contributed by atoms with Crippen molar-refractivity contribution in [1.29, 1.82) is 0 Å². The summed E-state index contributed by atoms with van der Waals surface area (Å²) in [4.78, 5) is 27.1. The highest BCUT2D eigenvalue weighted by atomic mass is 16.5. The summed E-state index contributed by atoms with van der Waals surface area (Å²) in [7, 11) is 1.63. The van der Waals surface area contributed by atoms with Crippen molar-refractivity contribution in [1.82, 2.24) is 4.90 Å².